The molecule has 3 nitrogen and oxygen atoms in total. The quantitative estimate of drug-likeness (QED) is 0.408. The van der Waals surface area contributed by atoms with Crippen molar-refractivity contribution in [3.63, 3.8) is 0 Å². The minimum Gasteiger partial charge on any atom is -0.480 e. The van der Waals surface area contributed by atoms with Crippen molar-refractivity contribution < 1.29 is 14.6 Å². The standard InChI is InChI=1S/C15H20O3/c1-2-3-4-5-6-7-8-9-10-11-12-13-18-14-15(16)17/h3-4,7-10H,2,11-14H2,1H3,(H,16,17). The molecule has 3 heteroatoms. The molecule has 0 rings (SSSR count). The van der Waals surface area contributed by atoms with Gasteiger partial charge in [-0.2, -0.15) is 0 Å². The van der Waals surface area contributed by atoms with Crippen LogP contribution in [-0.4, -0.2) is 24.3 Å². The molecule has 0 spiro atoms. The Hall–Kier alpha value is -1.79. The highest BCUT2D eigenvalue weighted by Crippen LogP contribution is 1.92. The summed E-state index contributed by atoms with van der Waals surface area (Å²) in [5, 5.41) is 8.32. The predicted molar refractivity (Wildman–Crippen MR) is 73.2 cm³/mol. The van der Waals surface area contributed by atoms with Gasteiger partial charge in [-0.25, -0.2) is 4.79 Å². The van der Waals surface area contributed by atoms with Crippen molar-refractivity contribution in [2.75, 3.05) is 13.2 Å². The molecule has 0 aromatic heterocycles. The molecule has 0 aliphatic carbocycles. The average molecular weight is 248 g/mol. The maximum absolute atomic E-state index is 10.1. The Bertz CT molecular complexity index is 354. The summed E-state index contributed by atoms with van der Waals surface area (Å²) in [5.74, 6) is 4.85. The van der Waals surface area contributed by atoms with E-state index in [4.69, 9.17) is 9.84 Å². The first-order chi connectivity index (χ1) is 8.77. The molecule has 0 aromatic rings. The molecule has 0 fully saturated rings. The van der Waals surface area contributed by atoms with Crippen molar-refractivity contribution in [1.29, 1.82) is 0 Å². The number of carboxylic acids is 1. The van der Waals surface area contributed by atoms with Gasteiger partial charge in [-0.15, -0.1) is 0 Å². The number of aliphatic carboxylic acids is 1. The maximum atomic E-state index is 10.1. The van der Waals surface area contributed by atoms with E-state index in [-0.39, 0.29) is 6.61 Å². The van der Waals surface area contributed by atoms with Crippen LogP contribution in [0.2, 0.25) is 0 Å². The van der Waals surface area contributed by atoms with Crippen molar-refractivity contribution in [1.82, 2.24) is 0 Å². The Labute approximate surface area is 109 Å². The molecule has 0 aliphatic rings. The lowest BCUT2D eigenvalue weighted by molar-refractivity contribution is -0.142. The second kappa shape index (κ2) is 13.3. The number of unbranched alkanes of at least 4 members (excludes halogenated alkanes) is 1. The molecule has 0 saturated heterocycles. The lowest BCUT2D eigenvalue weighted by Gasteiger charge is -1.97. The third-order valence-corrected chi connectivity index (χ3v) is 1.83. The lowest BCUT2D eigenvalue weighted by Crippen LogP contribution is -2.07. The van der Waals surface area contributed by atoms with Crippen LogP contribution in [0.1, 0.15) is 26.2 Å². The van der Waals surface area contributed by atoms with Crippen LogP contribution in [-0.2, 0) is 9.53 Å². The van der Waals surface area contributed by atoms with E-state index in [1.807, 2.05) is 30.4 Å². The van der Waals surface area contributed by atoms with Crippen molar-refractivity contribution in [2.45, 2.75) is 26.2 Å². The van der Waals surface area contributed by atoms with Gasteiger partial charge in [0.2, 0.25) is 0 Å². The molecule has 0 aliphatic heterocycles. The minimum absolute atomic E-state index is 0.218. The van der Waals surface area contributed by atoms with Crippen molar-refractivity contribution in [3.05, 3.63) is 36.5 Å². The van der Waals surface area contributed by atoms with Crippen LogP contribution in [0.5, 0.6) is 0 Å². The normalized spacial score (nSPS) is 11.2. The van der Waals surface area contributed by atoms with E-state index in [0.717, 1.165) is 19.3 Å². The molecular weight excluding hydrogens is 228 g/mol. The number of carbonyl (C=O) groups is 1. The Balaban J connectivity index is 3.47. The van der Waals surface area contributed by atoms with Gasteiger partial charge in [-0.05, 0) is 31.4 Å². The summed E-state index contributed by atoms with van der Waals surface area (Å²) in [5.41, 5.74) is 0. The molecule has 18 heavy (non-hydrogen) atoms. The largest absolute Gasteiger partial charge is 0.480 e. The van der Waals surface area contributed by atoms with Crippen LogP contribution in [0.15, 0.2) is 36.5 Å². The lowest BCUT2D eigenvalue weighted by atomic mass is 10.3. The number of ether oxygens (including phenoxy) is 1. The molecule has 0 heterocycles. The first kappa shape index (κ1) is 16.2. The van der Waals surface area contributed by atoms with E-state index in [9.17, 15) is 4.79 Å². The zero-order chi connectivity index (χ0) is 13.5. The van der Waals surface area contributed by atoms with Gasteiger partial charge in [-0.3, -0.25) is 0 Å². The van der Waals surface area contributed by atoms with Crippen LogP contribution < -0.4 is 0 Å². The van der Waals surface area contributed by atoms with Crippen LogP contribution >= 0.6 is 0 Å². The number of carboxylic acid groups (broad SMARTS) is 1. The summed E-state index contributed by atoms with van der Waals surface area (Å²) in [6.45, 7) is 2.32. The van der Waals surface area contributed by atoms with E-state index in [1.165, 1.54) is 0 Å². The zero-order valence-electron chi connectivity index (χ0n) is 10.8. The maximum Gasteiger partial charge on any atom is 0.329 e. The van der Waals surface area contributed by atoms with Crippen LogP contribution in [0.3, 0.4) is 0 Å². The fourth-order valence-corrected chi connectivity index (χ4v) is 1.01. The van der Waals surface area contributed by atoms with E-state index >= 15 is 0 Å². The average Bonchev–Trinajstić information content (AvgIpc) is 2.34. The molecule has 0 saturated carbocycles. The molecule has 0 atom stereocenters. The fraction of sp³-hybridized carbons (Fsp3) is 0.400. The second-order valence-corrected chi connectivity index (χ2v) is 3.48. The number of hydrogen-bond donors (Lipinski definition) is 1. The van der Waals surface area contributed by atoms with Crippen molar-refractivity contribution >= 4 is 5.97 Å². The van der Waals surface area contributed by atoms with Gasteiger partial charge in [0, 0.05) is 6.61 Å². The van der Waals surface area contributed by atoms with Gasteiger partial charge < -0.3 is 9.84 Å². The summed E-state index contributed by atoms with van der Waals surface area (Å²) in [6, 6.07) is 0. The fourth-order valence-electron chi connectivity index (χ4n) is 1.01. The van der Waals surface area contributed by atoms with Crippen LogP contribution in [0, 0.1) is 11.8 Å². The summed E-state index contributed by atoms with van der Waals surface area (Å²) in [7, 11) is 0. The predicted octanol–water partition coefficient (Wildman–Crippen LogP) is 2.95. The van der Waals surface area contributed by atoms with E-state index in [0.29, 0.717) is 6.61 Å². The third kappa shape index (κ3) is 14.2. The number of hydrogen-bond acceptors (Lipinski definition) is 2. The monoisotopic (exact) mass is 248 g/mol. The summed E-state index contributed by atoms with van der Waals surface area (Å²) in [6.07, 6.45) is 14.1. The Morgan fingerprint density at radius 1 is 1.22 bits per heavy atom. The van der Waals surface area contributed by atoms with Crippen LogP contribution in [0.4, 0.5) is 0 Å². The minimum atomic E-state index is -0.927. The van der Waals surface area contributed by atoms with Crippen molar-refractivity contribution in [3.8, 4) is 11.8 Å². The van der Waals surface area contributed by atoms with Gasteiger partial charge in [-0.1, -0.05) is 43.1 Å². The van der Waals surface area contributed by atoms with E-state index in [2.05, 4.69) is 18.8 Å². The van der Waals surface area contributed by atoms with Gasteiger partial charge in [0.15, 0.2) is 0 Å². The third-order valence-electron chi connectivity index (χ3n) is 1.83. The highest BCUT2D eigenvalue weighted by atomic mass is 16.5. The highest BCUT2D eigenvalue weighted by molar-refractivity contribution is 5.67. The molecule has 98 valence electrons. The highest BCUT2D eigenvalue weighted by Gasteiger charge is 1.93. The van der Waals surface area contributed by atoms with Gasteiger partial charge in [0.05, 0.1) is 0 Å². The van der Waals surface area contributed by atoms with E-state index in [1.54, 1.807) is 6.08 Å². The second-order valence-electron chi connectivity index (χ2n) is 3.48. The Morgan fingerprint density at radius 3 is 2.72 bits per heavy atom. The molecule has 0 amide bonds. The summed E-state index contributed by atoms with van der Waals surface area (Å²) in [4.78, 5) is 10.1. The molecule has 0 unspecified atom stereocenters. The van der Waals surface area contributed by atoms with Gasteiger partial charge >= 0.3 is 5.97 Å². The molecular formula is C15H20O3. The van der Waals surface area contributed by atoms with Gasteiger partial charge in [0.1, 0.15) is 6.61 Å². The van der Waals surface area contributed by atoms with E-state index < -0.39 is 5.97 Å². The Kier molecular flexibility index (Phi) is 12.0. The van der Waals surface area contributed by atoms with Crippen LogP contribution in [0.25, 0.3) is 0 Å². The molecule has 0 radical (unpaired) electrons. The SMILES string of the molecule is CCC=CC#CC=CC=CCCCOCC(=O)O. The molecule has 0 aromatic carbocycles. The van der Waals surface area contributed by atoms with Gasteiger partial charge in [0.25, 0.3) is 0 Å². The zero-order valence-corrected chi connectivity index (χ0v) is 10.8. The summed E-state index contributed by atoms with van der Waals surface area (Å²) >= 11 is 0. The summed E-state index contributed by atoms with van der Waals surface area (Å²) < 4.78 is 4.90. The number of rotatable bonds is 8. The van der Waals surface area contributed by atoms with Crippen molar-refractivity contribution in [2.24, 2.45) is 0 Å². The first-order valence-corrected chi connectivity index (χ1v) is 6.04. The Morgan fingerprint density at radius 2 is 2.00 bits per heavy atom. The first-order valence-electron chi connectivity index (χ1n) is 6.04. The molecule has 1 N–H and O–H groups in total. The smallest absolute Gasteiger partial charge is 0.329 e. The molecule has 0 bridgehead atoms. The topological polar surface area (TPSA) is 46.5 Å². The number of allylic oxidation sites excluding steroid dienone is 6.